The normalized spacial score (nSPS) is 20.0. The summed E-state index contributed by atoms with van der Waals surface area (Å²) in [4.78, 5) is 6.55. The topological polar surface area (TPSA) is 41.6 Å². The Labute approximate surface area is 97.0 Å². The number of hydrogen-bond acceptors (Lipinski definition) is 3. The zero-order valence-electron chi connectivity index (χ0n) is 9.98. The van der Waals surface area contributed by atoms with Crippen molar-refractivity contribution in [3.8, 4) is 0 Å². The minimum atomic E-state index is 0.333. The fraction of sp³-hybridized carbons (Fsp3) is 0.462. The molecular formula is C13H19N3. The Balaban J connectivity index is 2.22. The number of nitrogens with zero attached hydrogens (tertiary/aromatic N) is 2. The third kappa shape index (κ3) is 2.03. The van der Waals surface area contributed by atoms with Crippen LogP contribution >= 0.6 is 0 Å². The van der Waals surface area contributed by atoms with Crippen LogP contribution in [0.25, 0.3) is 0 Å². The summed E-state index contributed by atoms with van der Waals surface area (Å²) in [7, 11) is 0. The zero-order valence-corrected chi connectivity index (χ0v) is 9.98. The highest BCUT2D eigenvalue weighted by Gasteiger charge is 2.26. The Bertz CT molecular complexity index is 398. The first kappa shape index (κ1) is 11.0. The van der Waals surface area contributed by atoms with Crippen molar-refractivity contribution in [2.45, 2.75) is 26.3 Å². The highest BCUT2D eigenvalue weighted by atomic mass is 15.3. The van der Waals surface area contributed by atoms with Gasteiger partial charge in [0, 0.05) is 6.54 Å². The van der Waals surface area contributed by atoms with Crippen molar-refractivity contribution in [2.75, 3.05) is 13.1 Å². The molecule has 1 heterocycles. The van der Waals surface area contributed by atoms with Crippen LogP contribution in [0.2, 0.25) is 0 Å². The van der Waals surface area contributed by atoms with E-state index in [1.54, 1.807) is 0 Å². The molecule has 0 radical (unpaired) electrons. The van der Waals surface area contributed by atoms with Gasteiger partial charge in [0.05, 0.1) is 12.6 Å². The Morgan fingerprint density at radius 1 is 1.50 bits per heavy atom. The van der Waals surface area contributed by atoms with Crippen LogP contribution in [-0.2, 0) is 0 Å². The first-order chi connectivity index (χ1) is 7.72. The van der Waals surface area contributed by atoms with E-state index < -0.39 is 0 Å². The molecule has 1 aliphatic rings. The van der Waals surface area contributed by atoms with Gasteiger partial charge in [0.1, 0.15) is 0 Å². The molecule has 1 aromatic carbocycles. The fourth-order valence-corrected chi connectivity index (χ4v) is 2.20. The summed E-state index contributed by atoms with van der Waals surface area (Å²) in [5.41, 5.74) is 8.52. The van der Waals surface area contributed by atoms with Crippen LogP contribution in [0.3, 0.4) is 0 Å². The summed E-state index contributed by atoms with van der Waals surface area (Å²) in [6.45, 7) is 6.05. The molecule has 0 bridgehead atoms. The lowest BCUT2D eigenvalue weighted by atomic mass is 10.0. The van der Waals surface area contributed by atoms with Crippen molar-refractivity contribution in [3.05, 3.63) is 35.4 Å². The molecule has 0 aliphatic carbocycles. The summed E-state index contributed by atoms with van der Waals surface area (Å²) >= 11 is 0. The molecule has 0 spiro atoms. The summed E-state index contributed by atoms with van der Waals surface area (Å²) in [6, 6.07) is 8.94. The average Bonchev–Trinajstić information content (AvgIpc) is 2.61. The summed E-state index contributed by atoms with van der Waals surface area (Å²) in [5, 5.41) is 0. The van der Waals surface area contributed by atoms with Gasteiger partial charge in [-0.15, -0.1) is 0 Å². The molecule has 0 fully saturated rings. The van der Waals surface area contributed by atoms with Crippen molar-refractivity contribution >= 4 is 5.96 Å². The van der Waals surface area contributed by atoms with Crippen LogP contribution in [0.15, 0.2) is 29.3 Å². The van der Waals surface area contributed by atoms with Crippen LogP contribution in [0, 0.1) is 6.92 Å². The first-order valence-electron chi connectivity index (χ1n) is 5.85. The molecule has 0 saturated heterocycles. The van der Waals surface area contributed by atoms with Gasteiger partial charge in [0.2, 0.25) is 0 Å². The van der Waals surface area contributed by atoms with Crippen LogP contribution in [0.1, 0.15) is 30.5 Å². The smallest absolute Gasteiger partial charge is 0.191 e. The van der Waals surface area contributed by atoms with E-state index in [-0.39, 0.29) is 0 Å². The fourth-order valence-electron chi connectivity index (χ4n) is 2.20. The number of benzene rings is 1. The quantitative estimate of drug-likeness (QED) is 0.842. The van der Waals surface area contributed by atoms with Crippen LogP contribution < -0.4 is 5.73 Å². The van der Waals surface area contributed by atoms with Gasteiger partial charge in [-0.1, -0.05) is 36.8 Å². The van der Waals surface area contributed by atoms with Gasteiger partial charge in [-0.2, -0.15) is 0 Å². The number of hydrogen-bond donors (Lipinski definition) is 1. The molecule has 2 rings (SSSR count). The summed E-state index contributed by atoms with van der Waals surface area (Å²) in [5.74, 6) is 0.688. The molecule has 0 aromatic heterocycles. The standard InChI is InChI=1S/C13H19N3/c1-3-7-16-12(9-15-13(16)14)11-6-4-5-10(2)8-11/h4-6,8,12H,3,7,9H2,1-2H3,(H2,14,15). The van der Waals surface area contributed by atoms with Crippen LogP contribution in [0.5, 0.6) is 0 Å². The third-order valence-electron chi connectivity index (χ3n) is 2.99. The highest BCUT2D eigenvalue weighted by Crippen LogP contribution is 2.25. The molecule has 2 N–H and O–H groups in total. The van der Waals surface area contributed by atoms with Gasteiger partial charge in [-0.05, 0) is 18.9 Å². The van der Waals surface area contributed by atoms with Gasteiger partial charge in [-0.3, -0.25) is 4.99 Å². The van der Waals surface area contributed by atoms with Crippen molar-refractivity contribution in [1.29, 1.82) is 0 Å². The second-order valence-corrected chi connectivity index (χ2v) is 4.32. The van der Waals surface area contributed by atoms with E-state index in [0.717, 1.165) is 19.5 Å². The molecule has 1 aliphatic heterocycles. The SMILES string of the molecule is CCCN1C(N)=NCC1c1cccc(C)c1. The Kier molecular flexibility index (Phi) is 3.13. The third-order valence-corrected chi connectivity index (χ3v) is 2.99. The molecule has 1 atom stereocenters. The van der Waals surface area contributed by atoms with E-state index in [1.807, 2.05) is 0 Å². The minimum Gasteiger partial charge on any atom is -0.370 e. The van der Waals surface area contributed by atoms with Crippen LogP contribution in [-0.4, -0.2) is 23.9 Å². The maximum Gasteiger partial charge on any atom is 0.191 e. The van der Waals surface area contributed by atoms with E-state index >= 15 is 0 Å². The maximum absolute atomic E-state index is 5.91. The van der Waals surface area contributed by atoms with Crippen LogP contribution in [0.4, 0.5) is 0 Å². The number of nitrogens with two attached hydrogens (primary N) is 1. The Morgan fingerprint density at radius 3 is 3.00 bits per heavy atom. The minimum absolute atomic E-state index is 0.333. The Morgan fingerprint density at radius 2 is 2.31 bits per heavy atom. The molecule has 86 valence electrons. The lowest BCUT2D eigenvalue weighted by Crippen LogP contribution is -2.36. The molecule has 0 saturated carbocycles. The van der Waals surface area contributed by atoms with E-state index in [9.17, 15) is 0 Å². The van der Waals surface area contributed by atoms with Gasteiger partial charge in [-0.25, -0.2) is 0 Å². The maximum atomic E-state index is 5.91. The van der Waals surface area contributed by atoms with E-state index in [0.29, 0.717) is 12.0 Å². The lowest BCUT2D eigenvalue weighted by molar-refractivity contribution is 0.347. The number of guanidine groups is 1. The molecule has 0 amide bonds. The predicted octanol–water partition coefficient (Wildman–Crippen LogP) is 2.08. The number of rotatable bonds is 3. The highest BCUT2D eigenvalue weighted by molar-refractivity contribution is 5.80. The van der Waals surface area contributed by atoms with Gasteiger partial charge in [0.15, 0.2) is 5.96 Å². The monoisotopic (exact) mass is 217 g/mol. The Hall–Kier alpha value is -1.51. The lowest BCUT2D eigenvalue weighted by Gasteiger charge is -2.26. The van der Waals surface area contributed by atoms with Crippen molar-refractivity contribution < 1.29 is 0 Å². The molecule has 1 unspecified atom stereocenters. The average molecular weight is 217 g/mol. The summed E-state index contributed by atoms with van der Waals surface area (Å²) < 4.78 is 0. The van der Waals surface area contributed by atoms with Crippen molar-refractivity contribution in [3.63, 3.8) is 0 Å². The molecule has 1 aromatic rings. The van der Waals surface area contributed by atoms with E-state index in [1.165, 1.54) is 11.1 Å². The van der Waals surface area contributed by atoms with Crippen molar-refractivity contribution in [1.82, 2.24) is 4.90 Å². The second kappa shape index (κ2) is 4.56. The second-order valence-electron chi connectivity index (χ2n) is 4.32. The van der Waals surface area contributed by atoms with E-state index in [2.05, 4.69) is 48.0 Å². The largest absolute Gasteiger partial charge is 0.370 e. The molecular weight excluding hydrogens is 198 g/mol. The predicted molar refractivity (Wildman–Crippen MR) is 67.4 cm³/mol. The first-order valence-corrected chi connectivity index (χ1v) is 5.85. The van der Waals surface area contributed by atoms with E-state index in [4.69, 9.17) is 5.73 Å². The summed E-state index contributed by atoms with van der Waals surface area (Å²) in [6.07, 6.45) is 1.10. The molecule has 3 nitrogen and oxygen atoms in total. The molecule has 16 heavy (non-hydrogen) atoms. The number of aliphatic imine (C=N–C) groups is 1. The van der Waals surface area contributed by atoms with Crippen molar-refractivity contribution in [2.24, 2.45) is 10.7 Å². The number of aryl methyl sites for hydroxylation is 1. The zero-order chi connectivity index (χ0) is 11.5. The van der Waals surface area contributed by atoms with Gasteiger partial charge < -0.3 is 10.6 Å². The molecule has 3 heteroatoms. The van der Waals surface area contributed by atoms with Gasteiger partial charge in [0.25, 0.3) is 0 Å². The van der Waals surface area contributed by atoms with Gasteiger partial charge >= 0.3 is 0 Å².